The Morgan fingerprint density at radius 1 is 1.29 bits per heavy atom. The average Bonchev–Trinajstić information content (AvgIpc) is 2.60. The van der Waals surface area contributed by atoms with Crippen LogP contribution in [0.1, 0.15) is 26.2 Å². The second-order valence-corrected chi connectivity index (χ2v) is 4.02. The van der Waals surface area contributed by atoms with E-state index in [1.165, 1.54) is 14.2 Å². The Balaban J connectivity index is 2.64. The zero-order valence-electron chi connectivity index (χ0n) is 8.83. The summed E-state index contributed by atoms with van der Waals surface area (Å²) < 4.78 is 9.36. The van der Waals surface area contributed by atoms with Crippen molar-refractivity contribution in [1.82, 2.24) is 0 Å². The highest BCUT2D eigenvalue weighted by atomic mass is 16.5. The minimum absolute atomic E-state index is 0.149. The number of rotatable bonds is 2. The molecule has 0 saturated heterocycles. The molecule has 0 spiro atoms. The van der Waals surface area contributed by atoms with Crippen LogP contribution in [0.5, 0.6) is 0 Å². The minimum Gasteiger partial charge on any atom is -0.469 e. The van der Waals surface area contributed by atoms with E-state index in [0.717, 1.165) is 0 Å². The summed E-state index contributed by atoms with van der Waals surface area (Å²) in [6, 6.07) is 0. The molecular formula is C10H16O4. The molecule has 0 aromatic rings. The fourth-order valence-electron chi connectivity index (χ4n) is 2.04. The molecule has 0 aliphatic heterocycles. The molecule has 4 nitrogen and oxygen atoms in total. The SMILES string of the molecule is COC(=O)[C@@H]1CC[C@](C)(C(=O)OC)C1. The highest BCUT2D eigenvalue weighted by Gasteiger charge is 2.44. The van der Waals surface area contributed by atoms with Gasteiger partial charge in [-0.15, -0.1) is 0 Å². The van der Waals surface area contributed by atoms with Gasteiger partial charge in [-0.25, -0.2) is 0 Å². The normalized spacial score (nSPS) is 31.2. The molecule has 0 aromatic carbocycles. The maximum Gasteiger partial charge on any atom is 0.311 e. The van der Waals surface area contributed by atoms with Crippen molar-refractivity contribution in [1.29, 1.82) is 0 Å². The van der Waals surface area contributed by atoms with Crippen LogP contribution in [0.3, 0.4) is 0 Å². The van der Waals surface area contributed by atoms with Crippen molar-refractivity contribution in [2.45, 2.75) is 26.2 Å². The van der Waals surface area contributed by atoms with E-state index in [4.69, 9.17) is 4.74 Å². The Morgan fingerprint density at radius 2 is 1.93 bits per heavy atom. The molecule has 14 heavy (non-hydrogen) atoms. The van der Waals surface area contributed by atoms with Gasteiger partial charge in [-0.3, -0.25) is 9.59 Å². The van der Waals surface area contributed by atoms with E-state index in [2.05, 4.69) is 4.74 Å². The molecule has 0 N–H and O–H groups in total. The van der Waals surface area contributed by atoms with Crippen LogP contribution in [0.15, 0.2) is 0 Å². The van der Waals surface area contributed by atoms with Crippen molar-refractivity contribution in [3.63, 3.8) is 0 Å². The summed E-state index contributed by atoms with van der Waals surface area (Å²) in [5.41, 5.74) is -0.506. The van der Waals surface area contributed by atoms with Gasteiger partial charge in [0.1, 0.15) is 0 Å². The smallest absolute Gasteiger partial charge is 0.311 e. The second kappa shape index (κ2) is 3.98. The predicted octanol–water partition coefficient (Wildman–Crippen LogP) is 1.14. The van der Waals surface area contributed by atoms with Crippen LogP contribution in [0.25, 0.3) is 0 Å². The van der Waals surface area contributed by atoms with Gasteiger partial charge in [0.2, 0.25) is 0 Å². The molecular weight excluding hydrogens is 184 g/mol. The summed E-state index contributed by atoms with van der Waals surface area (Å²) in [4.78, 5) is 22.7. The van der Waals surface area contributed by atoms with Crippen molar-refractivity contribution in [2.24, 2.45) is 11.3 Å². The number of hydrogen-bond donors (Lipinski definition) is 0. The first kappa shape index (κ1) is 11.0. The topological polar surface area (TPSA) is 52.6 Å². The van der Waals surface area contributed by atoms with E-state index >= 15 is 0 Å². The third kappa shape index (κ3) is 1.89. The highest BCUT2D eigenvalue weighted by Crippen LogP contribution is 2.42. The van der Waals surface area contributed by atoms with Crippen LogP contribution in [-0.2, 0) is 19.1 Å². The van der Waals surface area contributed by atoms with Crippen LogP contribution < -0.4 is 0 Å². The van der Waals surface area contributed by atoms with Crippen LogP contribution in [0.4, 0.5) is 0 Å². The number of methoxy groups -OCH3 is 2. The number of ether oxygens (including phenoxy) is 2. The first-order chi connectivity index (χ1) is 6.53. The first-order valence-corrected chi connectivity index (χ1v) is 4.70. The Labute approximate surface area is 83.6 Å². The van der Waals surface area contributed by atoms with Crippen LogP contribution >= 0.6 is 0 Å². The standard InChI is InChI=1S/C10H16O4/c1-10(9(12)14-3)5-4-7(6-10)8(11)13-2/h7H,4-6H2,1-3H3/t7-,10+/m1/s1. The molecule has 1 aliphatic rings. The van der Waals surface area contributed by atoms with Crippen molar-refractivity contribution in [3.8, 4) is 0 Å². The molecule has 0 aromatic heterocycles. The number of carbonyl (C=O) groups excluding carboxylic acids is 2. The fourth-order valence-corrected chi connectivity index (χ4v) is 2.04. The quantitative estimate of drug-likeness (QED) is 0.627. The third-order valence-electron chi connectivity index (χ3n) is 2.95. The highest BCUT2D eigenvalue weighted by molar-refractivity contribution is 5.80. The van der Waals surface area contributed by atoms with E-state index in [-0.39, 0.29) is 17.9 Å². The van der Waals surface area contributed by atoms with Crippen molar-refractivity contribution in [3.05, 3.63) is 0 Å². The maximum absolute atomic E-state index is 11.4. The lowest BCUT2D eigenvalue weighted by Gasteiger charge is -2.19. The lowest BCUT2D eigenvalue weighted by atomic mass is 9.88. The summed E-state index contributed by atoms with van der Waals surface area (Å²) in [5.74, 6) is -0.606. The number of carbonyl (C=O) groups is 2. The average molecular weight is 200 g/mol. The van der Waals surface area contributed by atoms with Gasteiger partial charge in [-0.05, 0) is 26.2 Å². The van der Waals surface area contributed by atoms with E-state index in [1.54, 1.807) is 0 Å². The molecule has 4 heteroatoms. The Morgan fingerprint density at radius 3 is 2.43 bits per heavy atom. The molecule has 2 atom stereocenters. The minimum atomic E-state index is -0.506. The van der Waals surface area contributed by atoms with Crippen molar-refractivity contribution < 1.29 is 19.1 Å². The lowest BCUT2D eigenvalue weighted by Crippen LogP contribution is -2.27. The largest absolute Gasteiger partial charge is 0.469 e. The van der Waals surface area contributed by atoms with E-state index in [1.807, 2.05) is 6.92 Å². The second-order valence-electron chi connectivity index (χ2n) is 4.02. The van der Waals surface area contributed by atoms with Gasteiger partial charge in [-0.1, -0.05) is 0 Å². The molecule has 80 valence electrons. The molecule has 1 saturated carbocycles. The van der Waals surface area contributed by atoms with E-state index in [0.29, 0.717) is 19.3 Å². The summed E-state index contributed by atoms with van der Waals surface area (Å²) in [7, 11) is 2.75. The number of esters is 2. The van der Waals surface area contributed by atoms with E-state index < -0.39 is 5.41 Å². The van der Waals surface area contributed by atoms with Crippen molar-refractivity contribution >= 4 is 11.9 Å². The summed E-state index contributed by atoms with van der Waals surface area (Å²) in [5, 5.41) is 0. The van der Waals surface area contributed by atoms with Gasteiger partial charge in [-0.2, -0.15) is 0 Å². The van der Waals surface area contributed by atoms with E-state index in [9.17, 15) is 9.59 Å². The lowest BCUT2D eigenvalue weighted by molar-refractivity contribution is -0.152. The van der Waals surface area contributed by atoms with Gasteiger partial charge in [0, 0.05) is 0 Å². The molecule has 0 unspecified atom stereocenters. The summed E-state index contributed by atoms with van der Waals surface area (Å²) in [6.07, 6.45) is 1.93. The maximum atomic E-state index is 11.4. The summed E-state index contributed by atoms with van der Waals surface area (Å²) >= 11 is 0. The van der Waals surface area contributed by atoms with Gasteiger partial charge >= 0.3 is 11.9 Å². The zero-order valence-corrected chi connectivity index (χ0v) is 8.83. The molecule has 1 fully saturated rings. The molecule has 0 radical (unpaired) electrons. The van der Waals surface area contributed by atoms with Gasteiger partial charge in [0.25, 0.3) is 0 Å². The molecule has 0 amide bonds. The molecule has 1 rings (SSSR count). The number of hydrogen-bond acceptors (Lipinski definition) is 4. The van der Waals surface area contributed by atoms with Crippen LogP contribution in [0, 0.1) is 11.3 Å². The molecule has 0 heterocycles. The summed E-state index contributed by atoms with van der Waals surface area (Å²) in [6.45, 7) is 1.84. The molecule has 1 aliphatic carbocycles. The van der Waals surface area contributed by atoms with Gasteiger partial charge in [0.15, 0.2) is 0 Å². The molecule has 0 bridgehead atoms. The fraction of sp³-hybridized carbons (Fsp3) is 0.800. The van der Waals surface area contributed by atoms with Crippen molar-refractivity contribution in [2.75, 3.05) is 14.2 Å². The monoisotopic (exact) mass is 200 g/mol. The third-order valence-corrected chi connectivity index (χ3v) is 2.95. The Hall–Kier alpha value is -1.06. The van der Waals surface area contributed by atoms with Crippen LogP contribution in [-0.4, -0.2) is 26.2 Å². The Kier molecular flexibility index (Phi) is 3.13. The predicted molar refractivity (Wildman–Crippen MR) is 49.5 cm³/mol. The zero-order chi connectivity index (χ0) is 10.8. The van der Waals surface area contributed by atoms with Gasteiger partial charge in [0.05, 0.1) is 25.6 Å². The Bertz CT molecular complexity index is 249. The van der Waals surface area contributed by atoms with Crippen LogP contribution in [0.2, 0.25) is 0 Å². The first-order valence-electron chi connectivity index (χ1n) is 4.70. The van der Waals surface area contributed by atoms with Gasteiger partial charge < -0.3 is 9.47 Å².